The van der Waals surface area contributed by atoms with Crippen LogP contribution in [0.1, 0.15) is 23.0 Å². The number of carbonyl (C=O) groups is 1. The van der Waals surface area contributed by atoms with Gasteiger partial charge in [-0.05, 0) is 46.6 Å². The molecule has 0 saturated heterocycles. The molecule has 20 heavy (non-hydrogen) atoms. The highest BCUT2D eigenvalue weighted by molar-refractivity contribution is 9.10. The standard InChI is InChI=1S/C15H16BrClN2O/c1-3-19-10-12(16)8-14(19)15(20)18(2)9-11-5-4-6-13(17)7-11/h4-8,10H,3,9H2,1-2H3. The summed E-state index contributed by atoms with van der Waals surface area (Å²) in [5, 5.41) is 0.683. The SMILES string of the molecule is CCn1cc(Br)cc1C(=O)N(C)Cc1cccc(Cl)c1. The van der Waals surface area contributed by atoms with Gasteiger partial charge in [0.2, 0.25) is 0 Å². The van der Waals surface area contributed by atoms with Gasteiger partial charge in [-0.3, -0.25) is 4.79 Å². The van der Waals surface area contributed by atoms with Gasteiger partial charge in [-0.15, -0.1) is 0 Å². The zero-order chi connectivity index (χ0) is 14.7. The molecule has 0 aliphatic rings. The lowest BCUT2D eigenvalue weighted by molar-refractivity contribution is 0.0774. The van der Waals surface area contributed by atoms with E-state index < -0.39 is 0 Å². The molecule has 0 bridgehead atoms. The van der Waals surface area contributed by atoms with Crippen molar-refractivity contribution in [1.82, 2.24) is 9.47 Å². The first-order chi connectivity index (χ1) is 9.51. The first-order valence-electron chi connectivity index (χ1n) is 6.37. The Bertz CT molecular complexity index is 624. The Kier molecular flexibility index (Phi) is 4.89. The summed E-state index contributed by atoms with van der Waals surface area (Å²) in [5.74, 6) is -0.00229. The first-order valence-corrected chi connectivity index (χ1v) is 7.54. The molecule has 1 aromatic carbocycles. The lowest BCUT2D eigenvalue weighted by Crippen LogP contribution is -2.28. The lowest BCUT2D eigenvalue weighted by Gasteiger charge is -2.18. The van der Waals surface area contributed by atoms with E-state index in [0.717, 1.165) is 16.6 Å². The van der Waals surface area contributed by atoms with Crippen molar-refractivity contribution < 1.29 is 4.79 Å². The van der Waals surface area contributed by atoms with Crippen LogP contribution in [0.5, 0.6) is 0 Å². The number of nitrogens with zero attached hydrogens (tertiary/aromatic N) is 2. The largest absolute Gasteiger partial charge is 0.343 e. The summed E-state index contributed by atoms with van der Waals surface area (Å²) >= 11 is 9.37. The number of benzene rings is 1. The van der Waals surface area contributed by atoms with E-state index in [0.29, 0.717) is 17.3 Å². The fourth-order valence-corrected chi connectivity index (χ4v) is 2.77. The fraction of sp³-hybridized carbons (Fsp3) is 0.267. The Labute approximate surface area is 132 Å². The molecule has 0 spiro atoms. The second kappa shape index (κ2) is 6.46. The normalized spacial score (nSPS) is 10.6. The van der Waals surface area contributed by atoms with E-state index in [-0.39, 0.29) is 5.91 Å². The highest BCUT2D eigenvalue weighted by Crippen LogP contribution is 2.18. The van der Waals surface area contributed by atoms with Crippen LogP contribution in [0.25, 0.3) is 0 Å². The molecule has 0 N–H and O–H groups in total. The van der Waals surface area contributed by atoms with Gasteiger partial charge in [0, 0.05) is 35.8 Å². The van der Waals surface area contributed by atoms with Crippen molar-refractivity contribution in [2.24, 2.45) is 0 Å². The Morgan fingerprint density at radius 3 is 2.80 bits per heavy atom. The summed E-state index contributed by atoms with van der Waals surface area (Å²) in [7, 11) is 1.80. The average Bonchev–Trinajstić information content (AvgIpc) is 2.79. The van der Waals surface area contributed by atoms with Crippen LogP contribution in [-0.2, 0) is 13.1 Å². The third-order valence-corrected chi connectivity index (χ3v) is 3.75. The number of amides is 1. The molecule has 3 nitrogen and oxygen atoms in total. The molecule has 0 radical (unpaired) electrons. The van der Waals surface area contributed by atoms with Gasteiger partial charge in [0.15, 0.2) is 0 Å². The van der Waals surface area contributed by atoms with Gasteiger partial charge in [0.1, 0.15) is 5.69 Å². The monoisotopic (exact) mass is 354 g/mol. The van der Waals surface area contributed by atoms with E-state index in [1.807, 2.05) is 48.0 Å². The van der Waals surface area contributed by atoms with Crippen LogP contribution in [0.3, 0.4) is 0 Å². The van der Waals surface area contributed by atoms with Crippen molar-refractivity contribution in [1.29, 1.82) is 0 Å². The quantitative estimate of drug-likeness (QED) is 0.807. The van der Waals surface area contributed by atoms with Gasteiger partial charge in [0.05, 0.1) is 0 Å². The van der Waals surface area contributed by atoms with Gasteiger partial charge in [0.25, 0.3) is 5.91 Å². The third kappa shape index (κ3) is 3.44. The van der Waals surface area contributed by atoms with E-state index in [9.17, 15) is 4.79 Å². The number of rotatable bonds is 4. The third-order valence-electron chi connectivity index (χ3n) is 3.08. The van der Waals surface area contributed by atoms with Crippen molar-refractivity contribution in [3.05, 3.63) is 57.3 Å². The minimum atomic E-state index is -0.00229. The van der Waals surface area contributed by atoms with Crippen molar-refractivity contribution >= 4 is 33.4 Å². The predicted octanol–water partition coefficient (Wildman–Crippen LogP) is 4.20. The number of carbonyl (C=O) groups excluding carboxylic acids is 1. The van der Waals surface area contributed by atoms with Crippen LogP contribution in [0.2, 0.25) is 5.02 Å². The highest BCUT2D eigenvalue weighted by Gasteiger charge is 2.16. The topological polar surface area (TPSA) is 25.2 Å². The number of halogens is 2. The molecule has 1 amide bonds. The van der Waals surface area contributed by atoms with Crippen LogP contribution in [0.4, 0.5) is 0 Å². The number of aryl methyl sites for hydroxylation is 1. The van der Waals surface area contributed by atoms with Crippen molar-refractivity contribution in [2.75, 3.05) is 7.05 Å². The maximum Gasteiger partial charge on any atom is 0.270 e. The Morgan fingerprint density at radius 2 is 2.15 bits per heavy atom. The Morgan fingerprint density at radius 1 is 1.40 bits per heavy atom. The highest BCUT2D eigenvalue weighted by atomic mass is 79.9. The molecule has 5 heteroatoms. The minimum Gasteiger partial charge on any atom is -0.343 e. The predicted molar refractivity (Wildman–Crippen MR) is 85.1 cm³/mol. The Hall–Kier alpha value is -1.26. The Balaban J connectivity index is 2.16. The van der Waals surface area contributed by atoms with Crippen molar-refractivity contribution in [3.8, 4) is 0 Å². The molecular formula is C15H16BrClN2O. The second-order valence-electron chi connectivity index (χ2n) is 4.62. The fourth-order valence-electron chi connectivity index (χ4n) is 2.09. The molecule has 2 aromatic rings. The zero-order valence-electron chi connectivity index (χ0n) is 11.4. The molecule has 2 rings (SSSR count). The van der Waals surface area contributed by atoms with Crippen LogP contribution < -0.4 is 0 Å². The van der Waals surface area contributed by atoms with E-state index in [4.69, 9.17) is 11.6 Å². The van der Waals surface area contributed by atoms with Gasteiger partial charge in [-0.2, -0.15) is 0 Å². The van der Waals surface area contributed by atoms with Gasteiger partial charge in [-0.1, -0.05) is 23.7 Å². The van der Waals surface area contributed by atoms with Crippen molar-refractivity contribution in [2.45, 2.75) is 20.0 Å². The summed E-state index contributed by atoms with van der Waals surface area (Å²) in [6.07, 6.45) is 1.92. The van der Waals surface area contributed by atoms with Crippen molar-refractivity contribution in [3.63, 3.8) is 0 Å². The molecule has 106 valence electrons. The first kappa shape index (κ1) is 15.1. The number of hydrogen-bond acceptors (Lipinski definition) is 1. The van der Waals surface area contributed by atoms with E-state index >= 15 is 0 Å². The molecule has 0 saturated carbocycles. The van der Waals surface area contributed by atoms with Crippen LogP contribution in [0.15, 0.2) is 41.0 Å². The van der Waals surface area contributed by atoms with Gasteiger partial charge >= 0.3 is 0 Å². The summed E-state index contributed by atoms with van der Waals surface area (Å²) < 4.78 is 2.85. The summed E-state index contributed by atoms with van der Waals surface area (Å²) in [5.41, 5.74) is 1.70. The molecule has 0 aliphatic carbocycles. The minimum absolute atomic E-state index is 0.00229. The zero-order valence-corrected chi connectivity index (χ0v) is 13.8. The van der Waals surface area contributed by atoms with Crippen LogP contribution in [0, 0.1) is 0 Å². The summed E-state index contributed by atoms with van der Waals surface area (Å²) in [6, 6.07) is 9.40. The molecule has 1 heterocycles. The van der Waals surface area contributed by atoms with E-state index in [1.165, 1.54) is 0 Å². The summed E-state index contributed by atoms with van der Waals surface area (Å²) in [4.78, 5) is 14.2. The summed E-state index contributed by atoms with van der Waals surface area (Å²) in [6.45, 7) is 3.31. The van der Waals surface area contributed by atoms with Crippen LogP contribution in [-0.4, -0.2) is 22.4 Å². The van der Waals surface area contributed by atoms with E-state index in [1.54, 1.807) is 11.9 Å². The van der Waals surface area contributed by atoms with Crippen LogP contribution >= 0.6 is 27.5 Å². The maximum absolute atomic E-state index is 12.5. The van der Waals surface area contributed by atoms with Gasteiger partial charge < -0.3 is 9.47 Å². The molecule has 0 unspecified atom stereocenters. The average molecular weight is 356 g/mol. The number of hydrogen-bond donors (Lipinski definition) is 0. The molecular weight excluding hydrogens is 340 g/mol. The number of aromatic nitrogens is 1. The molecule has 1 aromatic heterocycles. The van der Waals surface area contributed by atoms with E-state index in [2.05, 4.69) is 15.9 Å². The molecule has 0 aliphatic heterocycles. The molecule has 0 atom stereocenters. The van der Waals surface area contributed by atoms with Gasteiger partial charge in [-0.25, -0.2) is 0 Å². The lowest BCUT2D eigenvalue weighted by atomic mass is 10.2. The smallest absolute Gasteiger partial charge is 0.270 e. The second-order valence-corrected chi connectivity index (χ2v) is 5.97. The molecule has 0 fully saturated rings. The maximum atomic E-state index is 12.5.